The summed E-state index contributed by atoms with van der Waals surface area (Å²) in [6, 6.07) is 1.15. The van der Waals surface area contributed by atoms with Gasteiger partial charge in [0.15, 0.2) is 23.6 Å². The lowest BCUT2D eigenvalue weighted by atomic mass is 10.00. The number of nitriles is 1. The predicted octanol–water partition coefficient (Wildman–Crippen LogP) is 2.55. The van der Waals surface area contributed by atoms with Gasteiger partial charge >= 0.3 is 17.7 Å². The molecule has 2 aromatic rings. The number of carbonyl (C=O) groups excluding carboxylic acids is 4. The van der Waals surface area contributed by atoms with Crippen LogP contribution in [0.5, 0.6) is 23.0 Å². The lowest BCUT2D eigenvalue weighted by Gasteiger charge is -2.28. The number of phenols is 1. The van der Waals surface area contributed by atoms with Gasteiger partial charge in [0.1, 0.15) is 23.3 Å². The number of phenolic OH excluding ortho intramolecular Hbond substituents is 1. The molecule has 0 aliphatic carbocycles. The summed E-state index contributed by atoms with van der Waals surface area (Å²) < 4.78 is 21.6. The molecule has 4 atom stereocenters. The van der Waals surface area contributed by atoms with E-state index in [1.807, 2.05) is 0 Å². The minimum atomic E-state index is -2.02. The van der Waals surface area contributed by atoms with E-state index in [1.165, 1.54) is 27.9 Å². The van der Waals surface area contributed by atoms with Crippen LogP contribution in [0.2, 0.25) is 0 Å². The van der Waals surface area contributed by atoms with E-state index in [0.717, 1.165) is 30.3 Å². The number of nitro benzene ring substituents is 1. The molecular weight excluding hydrogens is 622 g/mol. The molecule has 17 nitrogen and oxygen atoms in total. The van der Waals surface area contributed by atoms with Gasteiger partial charge in [0, 0.05) is 6.07 Å². The van der Waals surface area contributed by atoms with E-state index in [1.54, 1.807) is 26.8 Å². The average Bonchev–Trinajstić information content (AvgIpc) is 2.94. The number of ether oxygens (including phenoxy) is 4. The van der Waals surface area contributed by atoms with Crippen molar-refractivity contribution in [1.82, 2.24) is 16.0 Å². The Bertz CT molecular complexity index is 1620. The van der Waals surface area contributed by atoms with Crippen molar-refractivity contribution in [3.63, 3.8) is 0 Å². The second kappa shape index (κ2) is 13.8. The molecule has 0 radical (unpaired) electrons. The molecule has 0 saturated heterocycles. The zero-order valence-electron chi connectivity index (χ0n) is 26.6. The number of fused-ring (bicyclic) bond motifs is 9. The van der Waals surface area contributed by atoms with Gasteiger partial charge in [-0.1, -0.05) is 6.07 Å². The second-order valence-corrected chi connectivity index (χ2v) is 12.3. The molecule has 0 aromatic heterocycles. The van der Waals surface area contributed by atoms with E-state index in [2.05, 4.69) is 16.0 Å². The third-order valence-electron chi connectivity index (χ3n) is 6.21. The number of amides is 3. The van der Waals surface area contributed by atoms with Crippen LogP contribution in [0.4, 0.5) is 10.5 Å². The lowest BCUT2D eigenvalue weighted by Crippen LogP contribution is -2.56. The molecule has 0 fully saturated rings. The first-order valence-electron chi connectivity index (χ1n) is 14.0. The first-order valence-corrected chi connectivity index (χ1v) is 14.0. The van der Waals surface area contributed by atoms with E-state index in [9.17, 15) is 44.8 Å². The molecule has 3 amide bonds. The predicted molar refractivity (Wildman–Crippen MR) is 160 cm³/mol. The van der Waals surface area contributed by atoms with Gasteiger partial charge in [-0.15, -0.1) is 0 Å². The normalized spacial score (nSPS) is 20.1. The third kappa shape index (κ3) is 8.98. The van der Waals surface area contributed by atoms with Crippen molar-refractivity contribution in [2.75, 3.05) is 7.11 Å². The number of nitro groups is 1. The van der Waals surface area contributed by atoms with Gasteiger partial charge in [-0.2, -0.15) is 5.26 Å². The van der Waals surface area contributed by atoms with Gasteiger partial charge in [-0.25, -0.2) is 9.59 Å². The Morgan fingerprint density at radius 2 is 1.64 bits per heavy atom. The molecule has 2 aliphatic heterocycles. The third-order valence-corrected chi connectivity index (χ3v) is 6.21. The van der Waals surface area contributed by atoms with Crippen molar-refractivity contribution < 1.29 is 53.3 Å². The molecule has 4 rings (SSSR count). The average molecular weight is 658 g/mol. The molecule has 0 spiro atoms. The summed E-state index contributed by atoms with van der Waals surface area (Å²) >= 11 is 0. The number of aliphatic hydroxyl groups excluding tert-OH is 1. The molecule has 17 heteroatoms. The fourth-order valence-electron chi connectivity index (χ4n) is 4.29. The quantitative estimate of drug-likeness (QED) is 0.180. The highest BCUT2D eigenvalue weighted by Gasteiger charge is 2.38. The molecule has 2 aliphatic rings. The fraction of sp³-hybridized carbons (Fsp3) is 0.433. The molecule has 2 aromatic carbocycles. The van der Waals surface area contributed by atoms with Gasteiger partial charge < -0.3 is 45.1 Å². The van der Waals surface area contributed by atoms with Gasteiger partial charge in [0.05, 0.1) is 18.1 Å². The van der Waals surface area contributed by atoms with Gasteiger partial charge in [0.25, 0.3) is 5.91 Å². The number of benzene rings is 2. The van der Waals surface area contributed by atoms with Crippen molar-refractivity contribution in [2.24, 2.45) is 0 Å². The van der Waals surface area contributed by atoms with Crippen LogP contribution in [0.25, 0.3) is 0 Å². The summed E-state index contributed by atoms with van der Waals surface area (Å²) in [7, 11) is 1.17. The topological polar surface area (TPSA) is 249 Å². The van der Waals surface area contributed by atoms with E-state index in [-0.39, 0.29) is 22.6 Å². The summed E-state index contributed by atoms with van der Waals surface area (Å²) in [5.74, 6) is -5.18. The molecule has 252 valence electrons. The van der Waals surface area contributed by atoms with Crippen LogP contribution in [0.15, 0.2) is 30.3 Å². The number of hydrogen-bond donors (Lipinski definition) is 5. The first-order chi connectivity index (χ1) is 21.7. The highest BCUT2D eigenvalue weighted by Crippen LogP contribution is 2.44. The SMILES string of the molecule is COc1c(O)cc2cc1Oc1ccc(cc1[N+](=O)[O-])[C@@H](O)[C@@H](NC(=O)OC(C)(C)C)C(=O)N[C@@H](C#N)C(=O)N[C@H]2C(=O)OC(C)(C)C. The standard InChI is InChI=1S/C30H35N5O12/c1-29(2,3)46-27(40)21-15-11-18(36)24(44-7)20(12-15)45-19-9-8-14(10-17(19)35(42)43)23(37)22(34-28(41)47-30(4,5)6)26(39)32-16(13-31)25(38)33-21/h8-12,16,21-23,36-37H,1-7H3,(H,32,39)(H,33,38)(H,34,41)/t16-,21+,22+,23+/m0/s1. The number of alkyl carbamates (subject to hydrolysis) is 1. The van der Waals surface area contributed by atoms with E-state index < -0.39 is 81.4 Å². The number of rotatable bonds is 4. The van der Waals surface area contributed by atoms with Crippen LogP contribution in [0.3, 0.4) is 0 Å². The Kier molecular flexibility index (Phi) is 10.5. The Balaban J connectivity index is 2.29. The number of aromatic hydroxyl groups is 1. The van der Waals surface area contributed by atoms with Gasteiger partial charge in [-0.3, -0.25) is 19.7 Å². The van der Waals surface area contributed by atoms with Gasteiger partial charge in [0.2, 0.25) is 17.4 Å². The van der Waals surface area contributed by atoms with E-state index in [0.29, 0.717) is 0 Å². The van der Waals surface area contributed by atoms with Crippen LogP contribution >= 0.6 is 0 Å². The van der Waals surface area contributed by atoms with E-state index >= 15 is 0 Å². The summed E-state index contributed by atoms with van der Waals surface area (Å²) in [5.41, 5.74) is -3.25. The highest BCUT2D eigenvalue weighted by molar-refractivity contribution is 5.95. The Hall–Kier alpha value is -5.63. The maximum absolute atomic E-state index is 13.5. The Morgan fingerprint density at radius 3 is 2.19 bits per heavy atom. The van der Waals surface area contributed by atoms with Gasteiger partial charge in [-0.05, 0) is 70.9 Å². The molecule has 0 saturated carbocycles. The molecule has 47 heavy (non-hydrogen) atoms. The summed E-state index contributed by atoms with van der Waals surface area (Å²) in [5, 5.41) is 50.5. The van der Waals surface area contributed by atoms with E-state index in [4.69, 9.17) is 18.9 Å². The Labute approximate surface area is 268 Å². The van der Waals surface area contributed by atoms with Crippen LogP contribution in [0, 0.1) is 21.4 Å². The Morgan fingerprint density at radius 1 is 1.00 bits per heavy atom. The number of esters is 1. The summed E-state index contributed by atoms with van der Waals surface area (Å²) in [4.78, 5) is 64.1. The van der Waals surface area contributed by atoms with Crippen molar-refractivity contribution in [3.8, 4) is 29.1 Å². The first kappa shape index (κ1) is 35.8. The minimum absolute atomic E-state index is 0.157. The zero-order valence-corrected chi connectivity index (χ0v) is 26.6. The monoisotopic (exact) mass is 657 g/mol. The summed E-state index contributed by atoms with van der Waals surface area (Å²) in [6.45, 7) is 9.24. The van der Waals surface area contributed by atoms with Crippen molar-refractivity contribution >= 4 is 29.6 Å². The van der Waals surface area contributed by atoms with Crippen LogP contribution in [-0.4, -0.2) is 69.4 Å². The minimum Gasteiger partial charge on any atom is -0.504 e. The molecule has 4 bridgehead atoms. The number of aliphatic hydroxyl groups is 1. The fourth-order valence-corrected chi connectivity index (χ4v) is 4.29. The van der Waals surface area contributed by atoms with Crippen molar-refractivity contribution in [3.05, 3.63) is 51.6 Å². The van der Waals surface area contributed by atoms with Crippen molar-refractivity contribution in [1.29, 1.82) is 5.26 Å². The number of nitrogens with one attached hydrogen (secondary N) is 3. The second-order valence-electron chi connectivity index (χ2n) is 12.3. The molecule has 5 N–H and O–H groups in total. The maximum atomic E-state index is 13.5. The van der Waals surface area contributed by atoms with Crippen molar-refractivity contribution in [2.45, 2.75) is 77.0 Å². The lowest BCUT2D eigenvalue weighted by molar-refractivity contribution is -0.385. The smallest absolute Gasteiger partial charge is 0.408 e. The largest absolute Gasteiger partial charge is 0.504 e. The maximum Gasteiger partial charge on any atom is 0.408 e. The number of carbonyl (C=O) groups is 4. The molecular formula is C30H35N5O12. The number of methoxy groups -OCH3 is 1. The number of hydrogen-bond acceptors (Lipinski definition) is 13. The van der Waals surface area contributed by atoms with Crippen LogP contribution < -0.4 is 25.4 Å². The zero-order chi connectivity index (χ0) is 35.4. The summed E-state index contributed by atoms with van der Waals surface area (Å²) in [6.07, 6.45) is -3.17. The van der Waals surface area contributed by atoms with Crippen LogP contribution in [-0.2, 0) is 23.9 Å². The van der Waals surface area contributed by atoms with Crippen LogP contribution in [0.1, 0.15) is 64.8 Å². The molecule has 2 heterocycles. The molecule has 0 unspecified atom stereocenters. The number of nitrogens with zero attached hydrogens (tertiary/aromatic N) is 2. The highest BCUT2D eigenvalue weighted by atomic mass is 16.6.